The lowest BCUT2D eigenvalue weighted by Gasteiger charge is -2.26. The quantitative estimate of drug-likeness (QED) is 0.236. The van der Waals surface area contributed by atoms with Crippen molar-refractivity contribution in [3.8, 4) is 0 Å². The van der Waals surface area contributed by atoms with E-state index in [0.29, 0.717) is 0 Å². The van der Waals surface area contributed by atoms with Crippen LogP contribution in [0.4, 0.5) is 0 Å². The summed E-state index contributed by atoms with van der Waals surface area (Å²) in [5.74, 6) is 3.03. The predicted molar refractivity (Wildman–Crippen MR) is 191 cm³/mol. The minimum atomic E-state index is 0.744. The number of nitrogens with zero attached hydrogens (tertiary/aromatic N) is 3. The highest BCUT2D eigenvalue weighted by atomic mass is 14.7. The molecule has 0 unspecified atom stereocenters. The molecule has 0 saturated heterocycles. The first-order valence-electron chi connectivity index (χ1n) is 16.9. The summed E-state index contributed by atoms with van der Waals surface area (Å²) in [5.41, 5.74) is 13.2. The van der Waals surface area contributed by atoms with Crippen LogP contribution in [0.1, 0.15) is 84.7 Å². The number of aryl methyl sites for hydroxylation is 3. The van der Waals surface area contributed by atoms with E-state index < -0.39 is 0 Å². The van der Waals surface area contributed by atoms with E-state index in [1.807, 2.05) is 18.6 Å². The molecule has 2 aliphatic rings. The van der Waals surface area contributed by atoms with Gasteiger partial charge < -0.3 is 5.73 Å². The monoisotopic (exact) mass is 590 g/mol. The lowest BCUT2D eigenvalue weighted by Crippen LogP contribution is -2.22. The second-order valence-corrected chi connectivity index (χ2v) is 13.2. The van der Waals surface area contributed by atoms with Crippen LogP contribution in [-0.2, 0) is 0 Å². The van der Waals surface area contributed by atoms with Gasteiger partial charge in [-0.2, -0.15) is 0 Å². The van der Waals surface area contributed by atoms with Gasteiger partial charge in [0.2, 0.25) is 0 Å². The molecule has 2 fully saturated rings. The molecule has 44 heavy (non-hydrogen) atoms. The third kappa shape index (κ3) is 12.3. The van der Waals surface area contributed by atoms with Gasteiger partial charge in [0.1, 0.15) is 0 Å². The van der Waals surface area contributed by atoms with E-state index in [0.717, 1.165) is 49.9 Å². The van der Waals surface area contributed by atoms with Gasteiger partial charge in [-0.05, 0) is 119 Å². The van der Waals surface area contributed by atoms with Crippen LogP contribution in [0.25, 0.3) is 0 Å². The zero-order valence-electron chi connectivity index (χ0n) is 27.4. The Kier molecular flexibility index (Phi) is 14.0. The summed E-state index contributed by atoms with van der Waals surface area (Å²) in [4.78, 5) is 13.9. The molecule has 0 aliphatic heterocycles. The fourth-order valence-corrected chi connectivity index (χ4v) is 6.13. The molecule has 5 rings (SSSR count). The predicted octanol–water partition coefficient (Wildman–Crippen LogP) is 8.83. The summed E-state index contributed by atoms with van der Waals surface area (Å²) < 4.78 is 0. The molecule has 2 aliphatic carbocycles. The molecule has 4 heteroatoms. The van der Waals surface area contributed by atoms with E-state index in [-0.39, 0.29) is 0 Å². The molecule has 0 heterocycles. The Morgan fingerprint density at radius 3 is 0.955 bits per heavy atom. The first-order chi connectivity index (χ1) is 21.5. The van der Waals surface area contributed by atoms with Crippen molar-refractivity contribution < 1.29 is 0 Å². The molecule has 0 bridgehead atoms. The molecule has 3 aromatic rings. The van der Waals surface area contributed by atoms with Crippen molar-refractivity contribution >= 4 is 18.6 Å². The Morgan fingerprint density at radius 1 is 0.455 bits per heavy atom. The Morgan fingerprint density at radius 2 is 0.705 bits per heavy atom. The van der Waals surface area contributed by atoms with E-state index in [2.05, 4.69) is 109 Å². The molecule has 0 amide bonds. The van der Waals surface area contributed by atoms with E-state index in [1.165, 1.54) is 84.7 Å². The van der Waals surface area contributed by atoms with Crippen molar-refractivity contribution in [2.24, 2.45) is 44.4 Å². The van der Waals surface area contributed by atoms with Crippen molar-refractivity contribution in [2.75, 3.05) is 26.2 Å². The first kappa shape index (κ1) is 33.5. The number of rotatable bonds is 10. The lowest BCUT2D eigenvalue weighted by atomic mass is 9.82. The molecule has 3 aromatic carbocycles. The largest absolute Gasteiger partial charge is 0.330 e. The van der Waals surface area contributed by atoms with Gasteiger partial charge in [0.15, 0.2) is 0 Å². The van der Waals surface area contributed by atoms with Gasteiger partial charge in [-0.25, -0.2) is 0 Å². The van der Waals surface area contributed by atoms with Crippen molar-refractivity contribution in [2.45, 2.75) is 72.1 Å². The zero-order chi connectivity index (χ0) is 31.0. The molecule has 0 spiro atoms. The van der Waals surface area contributed by atoms with Crippen LogP contribution in [0, 0.1) is 44.4 Å². The molecule has 0 aromatic heterocycles. The Bertz CT molecular complexity index is 1220. The summed E-state index contributed by atoms with van der Waals surface area (Å²) in [6.07, 6.45) is 16.4. The molecule has 0 radical (unpaired) electrons. The van der Waals surface area contributed by atoms with E-state index in [1.54, 1.807) is 0 Å². The summed E-state index contributed by atoms with van der Waals surface area (Å²) in [6, 6.07) is 25.7. The van der Waals surface area contributed by atoms with Crippen molar-refractivity contribution in [3.63, 3.8) is 0 Å². The Labute approximate surface area is 267 Å². The average molecular weight is 591 g/mol. The van der Waals surface area contributed by atoms with E-state index in [4.69, 9.17) is 5.73 Å². The number of nitrogens with two attached hydrogens (primary N) is 1. The SMILES string of the molecule is Cc1ccc(C=NCC2CCC(CN)CC2)cc1.Cc1ccc(C=NCC2CCC(CN=Cc3ccc(C)cc3)CC2)cc1. The highest BCUT2D eigenvalue weighted by molar-refractivity contribution is 5.80. The lowest BCUT2D eigenvalue weighted by molar-refractivity contribution is 0.285. The molecule has 0 atom stereocenters. The van der Waals surface area contributed by atoms with E-state index in [9.17, 15) is 0 Å². The maximum Gasteiger partial charge on any atom is 0.0417 e. The summed E-state index contributed by atoms with van der Waals surface area (Å²) >= 11 is 0. The summed E-state index contributed by atoms with van der Waals surface area (Å²) in [7, 11) is 0. The van der Waals surface area contributed by atoms with E-state index >= 15 is 0 Å². The van der Waals surface area contributed by atoms with Crippen LogP contribution in [0.15, 0.2) is 87.8 Å². The van der Waals surface area contributed by atoms with Gasteiger partial charge in [0, 0.05) is 38.3 Å². The Balaban J connectivity index is 0.000000215. The number of benzene rings is 3. The first-order valence-corrected chi connectivity index (χ1v) is 16.9. The maximum absolute atomic E-state index is 5.71. The second kappa shape index (κ2) is 18.4. The van der Waals surface area contributed by atoms with Gasteiger partial charge in [-0.15, -0.1) is 0 Å². The smallest absolute Gasteiger partial charge is 0.0417 e. The van der Waals surface area contributed by atoms with Crippen LogP contribution in [0.3, 0.4) is 0 Å². The van der Waals surface area contributed by atoms with Crippen LogP contribution >= 0.6 is 0 Å². The molecule has 2 saturated carbocycles. The van der Waals surface area contributed by atoms with Gasteiger partial charge in [0.05, 0.1) is 0 Å². The minimum absolute atomic E-state index is 0.744. The molecule has 2 N–H and O–H groups in total. The third-order valence-electron chi connectivity index (χ3n) is 9.31. The fraction of sp³-hybridized carbons (Fsp3) is 0.475. The zero-order valence-corrected chi connectivity index (χ0v) is 27.4. The molecular weight excluding hydrogens is 536 g/mol. The normalized spacial score (nSPS) is 22.4. The summed E-state index contributed by atoms with van der Waals surface area (Å²) in [5, 5.41) is 0. The maximum atomic E-state index is 5.71. The summed E-state index contributed by atoms with van der Waals surface area (Å²) in [6.45, 7) is 10.1. The highest BCUT2D eigenvalue weighted by Gasteiger charge is 2.20. The standard InChI is InChI=1S/C24H30N2.C16H24N2/c1-19-3-7-21(8-4-19)15-25-17-23-11-13-24(14-12-23)18-26-16-22-9-5-20(2)6-10-22;1-13-2-4-15(5-3-13)11-18-12-16-8-6-14(10-17)7-9-16/h3-10,15-16,23-24H,11-14,17-18H2,1-2H3;2-5,11,14,16H,6-10,12,17H2,1H3. The Hall–Kier alpha value is -3.37. The van der Waals surface area contributed by atoms with Crippen molar-refractivity contribution in [1.82, 2.24) is 0 Å². The van der Waals surface area contributed by atoms with Gasteiger partial charge in [-0.3, -0.25) is 15.0 Å². The van der Waals surface area contributed by atoms with Gasteiger partial charge in [-0.1, -0.05) is 89.5 Å². The molecule has 234 valence electrons. The minimum Gasteiger partial charge on any atom is -0.330 e. The van der Waals surface area contributed by atoms with Crippen LogP contribution in [0.5, 0.6) is 0 Å². The number of hydrogen-bond acceptors (Lipinski definition) is 4. The third-order valence-corrected chi connectivity index (χ3v) is 9.31. The van der Waals surface area contributed by atoms with Gasteiger partial charge >= 0.3 is 0 Å². The van der Waals surface area contributed by atoms with Crippen LogP contribution in [-0.4, -0.2) is 44.8 Å². The highest BCUT2D eigenvalue weighted by Crippen LogP contribution is 2.29. The topological polar surface area (TPSA) is 63.1 Å². The van der Waals surface area contributed by atoms with Crippen molar-refractivity contribution in [1.29, 1.82) is 0 Å². The van der Waals surface area contributed by atoms with Gasteiger partial charge in [0.25, 0.3) is 0 Å². The van der Waals surface area contributed by atoms with Crippen LogP contribution in [0.2, 0.25) is 0 Å². The second-order valence-electron chi connectivity index (χ2n) is 13.2. The average Bonchev–Trinajstić information content (AvgIpc) is 3.05. The fourth-order valence-electron chi connectivity index (χ4n) is 6.13. The van der Waals surface area contributed by atoms with Crippen molar-refractivity contribution in [3.05, 3.63) is 106 Å². The molecular formula is C40H54N4. The number of aliphatic imine (C=N–C) groups is 3. The number of hydrogen-bond donors (Lipinski definition) is 1. The molecule has 4 nitrogen and oxygen atoms in total. The van der Waals surface area contributed by atoms with Crippen LogP contribution < -0.4 is 5.73 Å².